The Bertz CT molecular complexity index is 511. The number of aliphatic hydroxyl groups is 1. The predicted molar refractivity (Wildman–Crippen MR) is 134 cm³/mol. The molecule has 0 heterocycles. The zero-order chi connectivity index (χ0) is 22.9. The van der Waals surface area contributed by atoms with Crippen LogP contribution in [-0.2, 0) is 18.3 Å². The summed E-state index contributed by atoms with van der Waals surface area (Å²) in [5, 5.41) is 10.7. The Balaban J connectivity index is 1.34. The third-order valence-electron chi connectivity index (χ3n) is 8.71. The number of methoxy groups -OCH3 is 1. The van der Waals surface area contributed by atoms with Crippen LogP contribution in [0.15, 0.2) is 0 Å². The van der Waals surface area contributed by atoms with Gasteiger partial charge in [0, 0.05) is 19.3 Å². The molecule has 5 nitrogen and oxygen atoms in total. The van der Waals surface area contributed by atoms with Crippen LogP contribution in [0.3, 0.4) is 0 Å². The molecule has 4 fully saturated rings. The van der Waals surface area contributed by atoms with Crippen LogP contribution < -0.4 is 0 Å². The minimum atomic E-state index is -1.96. The van der Waals surface area contributed by atoms with E-state index in [1.54, 1.807) is 0 Å². The number of rotatable bonds is 10. The van der Waals surface area contributed by atoms with E-state index < -0.39 is 9.28 Å². The Labute approximate surface area is 204 Å². The predicted octanol–water partition coefficient (Wildman–Crippen LogP) is 5.73. The molecule has 192 valence electrons. The van der Waals surface area contributed by atoms with Crippen molar-refractivity contribution in [1.29, 1.82) is 0 Å². The van der Waals surface area contributed by atoms with Gasteiger partial charge in [0.25, 0.3) is 0 Å². The highest BCUT2D eigenvalue weighted by Gasteiger charge is 2.38. The molecule has 0 aromatic carbocycles. The Hall–Kier alpha value is 0.0169. The van der Waals surface area contributed by atoms with E-state index >= 15 is 0 Å². The van der Waals surface area contributed by atoms with E-state index in [4.69, 9.17) is 18.3 Å². The molecular weight excluding hydrogens is 432 g/mol. The third kappa shape index (κ3) is 8.28. The molecule has 4 aliphatic rings. The van der Waals surface area contributed by atoms with E-state index in [-0.39, 0.29) is 17.9 Å². The highest BCUT2D eigenvalue weighted by atomic mass is 28.3. The van der Waals surface area contributed by atoms with E-state index in [0.717, 1.165) is 38.5 Å². The number of aliphatic hydroxyl groups excluding tert-OH is 1. The Morgan fingerprint density at radius 2 is 1.21 bits per heavy atom. The molecule has 0 radical (unpaired) electrons. The minimum Gasteiger partial charge on any atom is -0.392 e. The van der Waals surface area contributed by atoms with Crippen molar-refractivity contribution in [2.45, 2.75) is 158 Å². The van der Waals surface area contributed by atoms with Crippen LogP contribution in [-0.4, -0.2) is 57.7 Å². The van der Waals surface area contributed by atoms with Crippen LogP contribution in [0.5, 0.6) is 0 Å². The molecule has 0 bridgehead atoms. The van der Waals surface area contributed by atoms with E-state index in [1.807, 2.05) is 7.11 Å². The van der Waals surface area contributed by atoms with Gasteiger partial charge in [-0.1, -0.05) is 57.8 Å². The summed E-state index contributed by atoms with van der Waals surface area (Å²) in [5.41, 5.74) is 0.0874. The fourth-order valence-corrected chi connectivity index (χ4v) is 9.19. The van der Waals surface area contributed by atoms with Crippen molar-refractivity contribution >= 4 is 9.28 Å². The highest BCUT2D eigenvalue weighted by molar-refractivity contribution is 6.46. The van der Waals surface area contributed by atoms with Gasteiger partial charge in [-0.15, -0.1) is 0 Å². The van der Waals surface area contributed by atoms with Gasteiger partial charge in [0.15, 0.2) is 0 Å². The summed E-state index contributed by atoms with van der Waals surface area (Å²) in [6, 6.07) is 0. The average Bonchev–Trinajstić information content (AvgIpc) is 2.86. The monoisotopic (exact) mass is 482 g/mol. The van der Waals surface area contributed by atoms with Gasteiger partial charge in [-0.05, 0) is 70.1 Å². The molecule has 4 saturated carbocycles. The second-order valence-electron chi connectivity index (χ2n) is 11.4. The average molecular weight is 483 g/mol. The first kappa shape index (κ1) is 26.1. The maximum absolute atomic E-state index is 10.7. The molecule has 0 aliphatic heterocycles. The second-order valence-corrected chi connectivity index (χ2v) is 13.4. The van der Waals surface area contributed by atoms with Gasteiger partial charge in [0.05, 0.1) is 24.0 Å². The summed E-state index contributed by atoms with van der Waals surface area (Å²) in [7, 11) is -0.110. The minimum absolute atomic E-state index is 0.0111. The number of ether oxygens (including phenoxy) is 2. The zero-order valence-corrected chi connectivity index (χ0v) is 22.3. The van der Waals surface area contributed by atoms with Crippen molar-refractivity contribution in [2.24, 2.45) is 5.92 Å². The van der Waals surface area contributed by atoms with Crippen molar-refractivity contribution < 1.29 is 23.4 Å². The first-order valence-electron chi connectivity index (χ1n) is 14.4. The van der Waals surface area contributed by atoms with Crippen LogP contribution >= 0.6 is 0 Å². The van der Waals surface area contributed by atoms with E-state index in [0.29, 0.717) is 24.2 Å². The molecule has 6 heteroatoms. The summed E-state index contributed by atoms with van der Waals surface area (Å²) in [5.74, 6) is 0.520. The summed E-state index contributed by atoms with van der Waals surface area (Å²) >= 11 is 0. The highest BCUT2D eigenvalue weighted by Crippen LogP contribution is 2.35. The van der Waals surface area contributed by atoms with E-state index in [1.165, 1.54) is 83.5 Å². The maximum atomic E-state index is 10.7. The number of hydrogen-bond donors (Lipinski definition) is 1. The Morgan fingerprint density at radius 3 is 1.73 bits per heavy atom. The largest absolute Gasteiger partial charge is 0.392 e. The van der Waals surface area contributed by atoms with Crippen molar-refractivity contribution in [3.8, 4) is 0 Å². The molecule has 4 unspecified atom stereocenters. The molecule has 33 heavy (non-hydrogen) atoms. The summed E-state index contributed by atoms with van der Waals surface area (Å²) in [6.45, 7) is 0. The van der Waals surface area contributed by atoms with Gasteiger partial charge in [-0.2, -0.15) is 0 Å². The van der Waals surface area contributed by atoms with Gasteiger partial charge in [0.2, 0.25) is 0 Å². The van der Waals surface area contributed by atoms with Crippen LogP contribution in [0.25, 0.3) is 0 Å². The van der Waals surface area contributed by atoms with Crippen LogP contribution in [0.2, 0.25) is 0 Å². The molecule has 0 spiro atoms. The normalized spacial score (nSPS) is 32.3. The molecule has 4 aliphatic carbocycles. The van der Waals surface area contributed by atoms with Gasteiger partial charge >= 0.3 is 9.28 Å². The lowest BCUT2D eigenvalue weighted by atomic mass is 9.83. The molecule has 0 aromatic rings. The molecule has 0 aromatic heterocycles. The maximum Gasteiger partial charge on any atom is 0.351 e. The first-order valence-corrected chi connectivity index (χ1v) is 16.0. The molecule has 0 amide bonds. The molecule has 1 N–H and O–H groups in total. The first-order chi connectivity index (χ1) is 16.2. The number of hydrogen-bond acceptors (Lipinski definition) is 5. The van der Waals surface area contributed by atoms with E-state index in [2.05, 4.69) is 0 Å². The lowest BCUT2D eigenvalue weighted by Gasteiger charge is -2.39. The molecular formula is C27H50O5Si. The van der Waals surface area contributed by atoms with Gasteiger partial charge in [0.1, 0.15) is 0 Å². The van der Waals surface area contributed by atoms with Crippen molar-refractivity contribution in [3.63, 3.8) is 0 Å². The van der Waals surface area contributed by atoms with Gasteiger partial charge < -0.3 is 23.4 Å². The SMILES string of the molecule is COC(CC1CCC(O)C(OC2CCCCC2)C1)[SiH](OC1CCCCC1)OC1CCCCC1. The second kappa shape index (κ2) is 13.9. The lowest BCUT2D eigenvalue weighted by molar-refractivity contribution is -0.115. The van der Waals surface area contributed by atoms with Crippen molar-refractivity contribution in [3.05, 3.63) is 0 Å². The Kier molecular flexibility index (Phi) is 11.0. The van der Waals surface area contributed by atoms with Crippen LogP contribution in [0, 0.1) is 5.92 Å². The van der Waals surface area contributed by atoms with Crippen molar-refractivity contribution in [2.75, 3.05) is 7.11 Å². The van der Waals surface area contributed by atoms with Gasteiger partial charge in [-0.25, -0.2) is 0 Å². The fraction of sp³-hybridized carbons (Fsp3) is 1.00. The summed E-state index contributed by atoms with van der Waals surface area (Å²) in [6.07, 6.45) is 23.4. The van der Waals surface area contributed by atoms with Crippen LogP contribution in [0.4, 0.5) is 0 Å². The van der Waals surface area contributed by atoms with Crippen molar-refractivity contribution in [1.82, 2.24) is 0 Å². The zero-order valence-electron chi connectivity index (χ0n) is 21.1. The topological polar surface area (TPSA) is 57.2 Å². The van der Waals surface area contributed by atoms with Gasteiger partial charge in [-0.3, -0.25) is 0 Å². The van der Waals surface area contributed by atoms with E-state index in [9.17, 15) is 5.11 Å². The summed E-state index contributed by atoms with van der Waals surface area (Å²) < 4.78 is 26.1. The lowest BCUT2D eigenvalue weighted by Crippen LogP contribution is -2.47. The quantitative estimate of drug-likeness (QED) is 0.403. The summed E-state index contributed by atoms with van der Waals surface area (Å²) in [4.78, 5) is 0. The smallest absolute Gasteiger partial charge is 0.351 e. The van der Waals surface area contributed by atoms with Crippen LogP contribution in [0.1, 0.15) is 122 Å². The standard InChI is InChI=1S/C27H50O5Si/c1-29-27(20-21-17-18-25(28)26(19-21)30-22-11-5-2-6-12-22)33(31-23-13-7-3-8-14-23)32-24-15-9-4-10-16-24/h21-28,33H,2-20H2,1H3. The third-order valence-corrected chi connectivity index (χ3v) is 11.2. The molecule has 4 atom stereocenters. The Morgan fingerprint density at radius 1 is 0.697 bits per heavy atom. The fourth-order valence-electron chi connectivity index (χ4n) is 6.64. The molecule has 4 rings (SSSR count). The molecule has 0 saturated heterocycles.